The van der Waals surface area contributed by atoms with Crippen LogP contribution in [0, 0.1) is 19.7 Å². The third-order valence-electron chi connectivity index (χ3n) is 2.30. The molecule has 1 unspecified atom stereocenters. The third kappa shape index (κ3) is 1.71. The predicted octanol–water partition coefficient (Wildman–Crippen LogP) is 1.14. The van der Waals surface area contributed by atoms with Crippen molar-refractivity contribution in [2.75, 3.05) is 6.61 Å². The molecule has 0 amide bonds. The van der Waals surface area contributed by atoms with Crippen LogP contribution in [0.4, 0.5) is 4.39 Å². The van der Waals surface area contributed by atoms with Crippen molar-refractivity contribution in [1.29, 1.82) is 0 Å². The van der Waals surface area contributed by atoms with Gasteiger partial charge in [-0.3, -0.25) is 0 Å². The van der Waals surface area contributed by atoms with Gasteiger partial charge in [0.2, 0.25) is 0 Å². The predicted molar refractivity (Wildman–Crippen MR) is 51.6 cm³/mol. The number of phenolic OH excluding ortho intramolecular Hbond substituents is 1. The number of benzene rings is 1. The quantitative estimate of drug-likeness (QED) is 0.669. The number of hydrogen-bond acceptors (Lipinski definition) is 3. The number of nitrogens with two attached hydrogens (primary N) is 1. The maximum absolute atomic E-state index is 13.3. The lowest BCUT2D eigenvalue weighted by molar-refractivity contribution is 0.264. The molecule has 0 fully saturated rings. The zero-order chi connectivity index (χ0) is 10.9. The van der Waals surface area contributed by atoms with E-state index in [1.165, 1.54) is 13.0 Å². The molecule has 0 spiro atoms. The fourth-order valence-corrected chi connectivity index (χ4v) is 1.43. The Labute approximate surface area is 82.0 Å². The van der Waals surface area contributed by atoms with E-state index in [1.54, 1.807) is 6.92 Å². The van der Waals surface area contributed by atoms with E-state index in [0.717, 1.165) is 0 Å². The Hall–Kier alpha value is -1.13. The van der Waals surface area contributed by atoms with Gasteiger partial charge in [-0.15, -0.1) is 0 Å². The summed E-state index contributed by atoms with van der Waals surface area (Å²) in [5.74, 6) is -0.454. The topological polar surface area (TPSA) is 66.5 Å². The minimum atomic E-state index is -0.746. The van der Waals surface area contributed by atoms with E-state index in [4.69, 9.17) is 10.8 Å². The Balaban J connectivity index is 3.39. The summed E-state index contributed by atoms with van der Waals surface area (Å²) in [4.78, 5) is 0. The summed E-state index contributed by atoms with van der Waals surface area (Å²) < 4.78 is 13.3. The van der Waals surface area contributed by atoms with Crippen LogP contribution in [0.5, 0.6) is 5.75 Å². The van der Waals surface area contributed by atoms with Crippen molar-refractivity contribution < 1.29 is 14.6 Å². The van der Waals surface area contributed by atoms with Gasteiger partial charge in [0.15, 0.2) is 0 Å². The van der Waals surface area contributed by atoms with E-state index in [0.29, 0.717) is 5.56 Å². The van der Waals surface area contributed by atoms with Gasteiger partial charge >= 0.3 is 0 Å². The molecular weight excluding hydrogens is 185 g/mol. The van der Waals surface area contributed by atoms with E-state index >= 15 is 0 Å². The Morgan fingerprint density at radius 3 is 2.57 bits per heavy atom. The maximum atomic E-state index is 13.3. The third-order valence-corrected chi connectivity index (χ3v) is 2.30. The Bertz CT molecular complexity index is 326. The summed E-state index contributed by atoms with van der Waals surface area (Å²) in [6.45, 7) is 2.79. The molecule has 4 heteroatoms. The molecule has 14 heavy (non-hydrogen) atoms. The van der Waals surface area contributed by atoms with Gasteiger partial charge in [0.1, 0.15) is 11.6 Å². The van der Waals surface area contributed by atoms with Crippen molar-refractivity contribution in [3.8, 4) is 5.75 Å². The molecule has 78 valence electrons. The van der Waals surface area contributed by atoms with Gasteiger partial charge in [0, 0.05) is 5.56 Å². The molecule has 1 atom stereocenters. The number of aliphatic hydroxyl groups is 1. The SMILES string of the molecule is Cc1cc(F)c(C)c(C(N)CO)c1O. The lowest BCUT2D eigenvalue weighted by Crippen LogP contribution is -2.17. The normalized spacial score (nSPS) is 12.9. The van der Waals surface area contributed by atoms with E-state index < -0.39 is 11.9 Å². The highest BCUT2D eigenvalue weighted by molar-refractivity contribution is 5.47. The first-order valence-corrected chi connectivity index (χ1v) is 4.34. The van der Waals surface area contributed by atoms with Gasteiger partial charge in [-0.2, -0.15) is 0 Å². The number of aromatic hydroxyl groups is 1. The van der Waals surface area contributed by atoms with Crippen LogP contribution in [0.15, 0.2) is 6.07 Å². The molecule has 1 aromatic rings. The van der Waals surface area contributed by atoms with Crippen molar-refractivity contribution in [3.05, 3.63) is 28.6 Å². The second-order valence-electron chi connectivity index (χ2n) is 3.35. The molecule has 0 radical (unpaired) electrons. The molecule has 1 rings (SSSR count). The Kier molecular flexibility index (Phi) is 3.08. The smallest absolute Gasteiger partial charge is 0.126 e. The van der Waals surface area contributed by atoms with Crippen molar-refractivity contribution in [2.45, 2.75) is 19.9 Å². The van der Waals surface area contributed by atoms with Crippen LogP contribution in [0.25, 0.3) is 0 Å². The van der Waals surface area contributed by atoms with E-state index in [1.807, 2.05) is 0 Å². The number of rotatable bonds is 2. The van der Waals surface area contributed by atoms with Gasteiger partial charge in [-0.05, 0) is 31.0 Å². The molecule has 0 aromatic heterocycles. The molecule has 0 saturated carbocycles. The molecule has 1 aromatic carbocycles. The Morgan fingerprint density at radius 2 is 2.07 bits per heavy atom. The molecule has 0 saturated heterocycles. The van der Waals surface area contributed by atoms with E-state index in [2.05, 4.69) is 0 Å². The highest BCUT2D eigenvalue weighted by atomic mass is 19.1. The minimum Gasteiger partial charge on any atom is -0.507 e. The van der Waals surface area contributed by atoms with Crippen LogP contribution in [0.1, 0.15) is 22.7 Å². The fraction of sp³-hybridized carbons (Fsp3) is 0.400. The average molecular weight is 199 g/mol. The van der Waals surface area contributed by atoms with Gasteiger partial charge in [-0.1, -0.05) is 0 Å². The zero-order valence-electron chi connectivity index (χ0n) is 8.21. The molecule has 0 aliphatic heterocycles. The lowest BCUT2D eigenvalue weighted by Gasteiger charge is -2.16. The van der Waals surface area contributed by atoms with E-state index in [-0.39, 0.29) is 23.5 Å². The standard InChI is InChI=1S/C10H14FNO2/c1-5-3-7(11)6(2)9(10(5)14)8(12)4-13/h3,8,13-14H,4,12H2,1-2H3. The summed E-state index contributed by atoms with van der Waals surface area (Å²) in [7, 11) is 0. The second kappa shape index (κ2) is 3.94. The van der Waals surface area contributed by atoms with Crippen LogP contribution in [0.3, 0.4) is 0 Å². The molecular formula is C10H14FNO2. The van der Waals surface area contributed by atoms with Crippen LogP contribution < -0.4 is 5.73 Å². The fourth-order valence-electron chi connectivity index (χ4n) is 1.43. The first-order valence-electron chi connectivity index (χ1n) is 4.34. The van der Waals surface area contributed by atoms with Crippen LogP contribution in [-0.2, 0) is 0 Å². The molecule has 0 heterocycles. The van der Waals surface area contributed by atoms with Gasteiger partial charge in [-0.25, -0.2) is 4.39 Å². The van der Waals surface area contributed by atoms with Gasteiger partial charge in [0.05, 0.1) is 12.6 Å². The van der Waals surface area contributed by atoms with Crippen LogP contribution >= 0.6 is 0 Å². The number of phenols is 1. The van der Waals surface area contributed by atoms with Gasteiger partial charge < -0.3 is 15.9 Å². The first-order chi connectivity index (χ1) is 6.49. The Morgan fingerprint density at radius 1 is 1.50 bits per heavy atom. The molecule has 4 N–H and O–H groups in total. The van der Waals surface area contributed by atoms with Crippen molar-refractivity contribution in [3.63, 3.8) is 0 Å². The number of aryl methyl sites for hydroxylation is 1. The van der Waals surface area contributed by atoms with Crippen molar-refractivity contribution in [2.24, 2.45) is 5.73 Å². The first kappa shape index (κ1) is 10.9. The molecule has 3 nitrogen and oxygen atoms in total. The second-order valence-corrected chi connectivity index (χ2v) is 3.35. The summed E-state index contributed by atoms with van der Waals surface area (Å²) >= 11 is 0. The van der Waals surface area contributed by atoms with Crippen molar-refractivity contribution >= 4 is 0 Å². The molecule has 0 aliphatic rings. The molecule has 0 bridgehead atoms. The largest absolute Gasteiger partial charge is 0.507 e. The summed E-state index contributed by atoms with van der Waals surface area (Å²) in [5, 5.41) is 18.5. The highest BCUT2D eigenvalue weighted by Gasteiger charge is 2.17. The van der Waals surface area contributed by atoms with Gasteiger partial charge in [0.25, 0.3) is 0 Å². The zero-order valence-corrected chi connectivity index (χ0v) is 8.21. The average Bonchev–Trinajstić information content (AvgIpc) is 2.15. The summed E-state index contributed by atoms with van der Waals surface area (Å²) in [6.07, 6.45) is 0. The molecule has 0 aliphatic carbocycles. The number of hydrogen-bond donors (Lipinski definition) is 3. The van der Waals surface area contributed by atoms with Crippen LogP contribution in [0.2, 0.25) is 0 Å². The van der Waals surface area contributed by atoms with Crippen molar-refractivity contribution in [1.82, 2.24) is 0 Å². The summed E-state index contributed by atoms with van der Waals surface area (Å²) in [5.41, 5.74) is 6.55. The minimum absolute atomic E-state index is 0.0366. The summed E-state index contributed by atoms with van der Waals surface area (Å²) in [6, 6.07) is 0.502. The highest BCUT2D eigenvalue weighted by Crippen LogP contribution is 2.31. The number of halogens is 1. The number of aliphatic hydroxyl groups excluding tert-OH is 1. The lowest BCUT2D eigenvalue weighted by atomic mass is 9.97. The monoisotopic (exact) mass is 199 g/mol. The van der Waals surface area contributed by atoms with E-state index in [9.17, 15) is 9.50 Å². The van der Waals surface area contributed by atoms with Crippen LogP contribution in [-0.4, -0.2) is 16.8 Å². The maximum Gasteiger partial charge on any atom is 0.126 e.